The second kappa shape index (κ2) is 10.6. The van der Waals surface area contributed by atoms with Crippen molar-refractivity contribution in [1.29, 1.82) is 0 Å². The first kappa shape index (κ1) is 21.6. The summed E-state index contributed by atoms with van der Waals surface area (Å²) in [5, 5.41) is 5.67. The van der Waals surface area contributed by atoms with Gasteiger partial charge in [-0.15, -0.1) is 0 Å². The first-order chi connectivity index (χ1) is 14.6. The summed E-state index contributed by atoms with van der Waals surface area (Å²) < 4.78 is 6.87. The molecule has 3 aromatic rings. The molecule has 30 heavy (non-hydrogen) atoms. The predicted molar refractivity (Wildman–Crippen MR) is 121 cm³/mol. The van der Waals surface area contributed by atoms with E-state index in [-0.39, 0.29) is 11.8 Å². The number of hydrogen-bond acceptors (Lipinski definition) is 3. The van der Waals surface area contributed by atoms with Crippen molar-refractivity contribution in [2.75, 3.05) is 6.54 Å². The topological polar surface area (TPSA) is 67.4 Å². The molecule has 0 aliphatic heterocycles. The van der Waals surface area contributed by atoms with E-state index in [1.165, 1.54) is 0 Å². The quantitative estimate of drug-likeness (QED) is 0.505. The number of ether oxygens (including phenoxy) is 1. The van der Waals surface area contributed by atoms with Gasteiger partial charge in [-0.25, -0.2) is 0 Å². The molecule has 154 valence electrons. The summed E-state index contributed by atoms with van der Waals surface area (Å²) in [5.41, 5.74) is 2.98. The summed E-state index contributed by atoms with van der Waals surface area (Å²) in [6.45, 7) is 3.17. The lowest BCUT2D eigenvalue weighted by molar-refractivity contribution is 0.0940. The lowest BCUT2D eigenvalue weighted by Crippen LogP contribution is -2.24. The molecule has 3 aromatic carbocycles. The van der Waals surface area contributed by atoms with Crippen molar-refractivity contribution in [1.82, 2.24) is 10.6 Å². The van der Waals surface area contributed by atoms with Crippen molar-refractivity contribution in [2.24, 2.45) is 0 Å². The van der Waals surface area contributed by atoms with Crippen molar-refractivity contribution in [3.63, 3.8) is 0 Å². The predicted octanol–water partition coefficient (Wildman–Crippen LogP) is 4.71. The molecule has 0 atom stereocenters. The summed E-state index contributed by atoms with van der Waals surface area (Å²) in [5.74, 6) is 0.201. The Labute approximate surface area is 184 Å². The highest BCUT2D eigenvalue weighted by atomic mass is 79.9. The SMILES string of the molecule is CCNC(=O)c1ccc(CNC(=O)c2ccccc2OCc2ccccc2Br)cc1. The van der Waals surface area contributed by atoms with Gasteiger partial charge in [-0.2, -0.15) is 0 Å². The Morgan fingerprint density at radius 3 is 2.30 bits per heavy atom. The van der Waals surface area contributed by atoms with E-state index in [1.54, 1.807) is 30.3 Å². The summed E-state index contributed by atoms with van der Waals surface area (Å²) >= 11 is 3.51. The number of halogens is 1. The third-order valence-corrected chi connectivity index (χ3v) is 5.25. The Balaban J connectivity index is 1.62. The van der Waals surface area contributed by atoms with Crippen molar-refractivity contribution in [3.8, 4) is 5.75 Å². The molecule has 0 aliphatic carbocycles. The Morgan fingerprint density at radius 1 is 0.867 bits per heavy atom. The average molecular weight is 467 g/mol. The van der Waals surface area contributed by atoms with Crippen LogP contribution < -0.4 is 15.4 Å². The minimum atomic E-state index is -0.217. The molecule has 0 aromatic heterocycles. The minimum Gasteiger partial charge on any atom is -0.488 e. The first-order valence-corrected chi connectivity index (χ1v) is 10.5. The van der Waals surface area contributed by atoms with Gasteiger partial charge >= 0.3 is 0 Å². The minimum absolute atomic E-state index is 0.107. The van der Waals surface area contributed by atoms with Crippen molar-refractivity contribution in [3.05, 3.63) is 99.5 Å². The smallest absolute Gasteiger partial charge is 0.255 e. The normalized spacial score (nSPS) is 10.3. The highest BCUT2D eigenvalue weighted by Gasteiger charge is 2.13. The maximum atomic E-state index is 12.7. The van der Waals surface area contributed by atoms with Gasteiger partial charge in [-0.05, 0) is 42.8 Å². The van der Waals surface area contributed by atoms with E-state index in [2.05, 4.69) is 26.6 Å². The number of amides is 2. The van der Waals surface area contributed by atoms with Crippen LogP contribution in [0.15, 0.2) is 77.3 Å². The first-order valence-electron chi connectivity index (χ1n) is 9.69. The average Bonchev–Trinajstić information content (AvgIpc) is 2.77. The van der Waals surface area contributed by atoms with Crippen LogP contribution in [0.1, 0.15) is 38.8 Å². The third-order valence-electron chi connectivity index (χ3n) is 4.48. The number of carbonyl (C=O) groups is 2. The largest absolute Gasteiger partial charge is 0.488 e. The van der Waals surface area contributed by atoms with Gasteiger partial charge in [0.1, 0.15) is 12.4 Å². The molecule has 2 N–H and O–H groups in total. The number of carbonyl (C=O) groups excluding carboxylic acids is 2. The molecule has 0 unspecified atom stereocenters. The molecule has 5 nitrogen and oxygen atoms in total. The number of rotatable bonds is 8. The van der Waals surface area contributed by atoms with Crippen molar-refractivity contribution >= 4 is 27.7 Å². The van der Waals surface area contributed by atoms with Crippen LogP contribution in [-0.2, 0) is 13.2 Å². The zero-order valence-electron chi connectivity index (χ0n) is 16.7. The second-order valence-corrected chi connectivity index (χ2v) is 7.47. The fraction of sp³-hybridized carbons (Fsp3) is 0.167. The van der Waals surface area contributed by atoms with Gasteiger partial charge in [0.25, 0.3) is 11.8 Å². The highest BCUT2D eigenvalue weighted by Crippen LogP contribution is 2.22. The van der Waals surface area contributed by atoms with E-state index in [0.29, 0.717) is 36.6 Å². The Kier molecular flexibility index (Phi) is 7.63. The van der Waals surface area contributed by atoms with E-state index in [9.17, 15) is 9.59 Å². The summed E-state index contributed by atoms with van der Waals surface area (Å²) in [6, 6.07) is 22.1. The monoisotopic (exact) mass is 466 g/mol. The van der Waals surface area contributed by atoms with Crippen LogP contribution in [0.3, 0.4) is 0 Å². The van der Waals surface area contributed by atoms with Crippen LogP contribution in [0.25, 0.3) is 0 Å². The summed E-state index contributed by atoms with van der Waals surface area (Å²) in [6.07, 6.45) is 0. The van der Waals surface area contributed by atoms with Gasteiger partial charge in [0, 0.05) is 28.7 Å². The Bertz CT molecular complexity index is 1020. The molecule has 0 radical (unpaired) electrons. The number of nitrogens with one attached hydrogen (secondary N) is 2. The van der Waals surface area contributed by atoms with Crippen LogP contribution >= 0.6 is 15.9 Å². The maximum Gasteiger partial charge on any atom is 0.255 e. The van der Waals surface area contributed by atoms with Gasteiger partial charge in [0.2, 0.25) is 0 Å². The van der Waals surface area contributed by atoms with Crippen LogP contribution in [0.5, 0.6) is 5.75 Å². The van der Waals surface area contributed by atoms with Crippen molar-refractivity contribution < 1.29 is 14.3 Å². The second-order valence-electron chi connectivity index (χ2n) is 6.62. The van der Waals surface area contributed by atoms with Gasteiger partial charge in [-0.3, -0.25) is 9.59 Å². The van der Waals surface area contributed by atoms with E-state index < -0.39 is 0 Å². The molecule has 0 spiro atoms. The standard InChI is InChI=1S/C24H23BrN2O3/c1-2-26-23(28)18-13-11-17(12-14-18)15-27-24(29)20-8-4-6-10-22(20)30-16-19-7-3-5-9-21(19)25/h3-14H,2,15-16H2,1H3,(H,26,28)(H,27,29). The van der Waals surface area contributed by atoms with Crippen LogP contribution in [0, 0.1) is 0 Å². The van der Waals surface area contributed by atoms with Gasteiger partial charge in [-0.1, -0.05) is 58.4 Å². The van der Waals surface area contributed by atoms with E-state index >= 15 is 0 Å². The van der Waals surface area contributed by atoms with Crippen LogP contribution in [-0.4, -0.2) is 18.4 Å². The van der Waals surface area contributed by atoms with Gasteiger partial charge in [0.15, 0.2) is 0 Å². The third kappa shape index (κ3) is 5.70. The molecule has 0 saturated heterocycles. The van der Waals surface area contributed by atoms with Gasteiger partial charge in [0.05, 0.1) is 5.56 Å². The zero-order valence-corrected chi connectivity index (χ0v) is 18.2. The van der Waals surface area contributed by atoms with E-state index in [0.717, 1.165) is 15.6 Å². The molecule has 0 bridgehead atoms. The Morgan fingerprint density at radius 2 is 1.57 bits per heavy atom. The molecule has 0 heterocycles. The lowest BCUT2D eigenvalue weighted by atomic mass is 10.1. The number of benzene rings is 3. The molecule has 2 amide bonds. The molecule has 6 heteroatoms. The van der Waals surface area contributed by atoms with Gasteiger partial charge < -0.3 is 15.4 Å². The molecule has 0 aliphatic rings. The zero-order chi connectivity index (χ0) is 21.3. The van der Waals surface area contributed by atoms with E-state index in [4.69, 9.17) is 4.74 Å². The van der Waals surface area contributed by atoms with E-state index in [1.807, 2.05) is 49.4 Å². The lowest BCUT2D eigenvalue weighted by Gasteiger charge is -2.13. The molecule has 3 rings (SSSR count). The van der Waals surface area contributed by atoms with Crippen LogP contribution in [0.4, 0.5) is 0 Å². The summed E-state index contributed by atoms with van der Waals surface area (Å²) in [4.78, 5) is 24.5. The fourth-order valence-corrected chi connectivity index (χ4v) is 3.26. The fourth-order valence-electron chi connectivity index (χ4n) is 2.87. The number of para-hydroxylation sites is 1. The maximum absolute atomic E-state index is 12.7. The van der Waals surface area contributed by atoms with Crippen molar-refractivity contribution in [2.45, 2.75) is 20.1 Å². The Hall–Kier alpha value is -3.12. The highest BCUT2D eigenvalue weighted by molar-refractivity contribution is 9.10. The molecular formula is C24H23BrN2O3. The molecular weight excluding hydrogens is 444 g/mol. The molecule has 0 fully saturated rings. The summed E-state index contributed by atoms with van der Waals surface area (Å²) in [7, 11) is 0. The van der Waals surface area contributed by atoms with Crippen LogP contribution in [0.2, 0.25) is 0 Å². The molecule has 0 saturated carbocycles. The number of hydrogen-bond donors (Lipinski definition) is 2.